The number of rotatable bonds is 4. The zero-order valence-electron chi connectivity index (χ0n) is 10.1. The molecular formula is C13H18N2O. The van der Waals surface area contributed by atoms with Gasteiger partial charge in [0.2, 0.25) is 0 Å². The summed E-state index contributed by atoms with van der Waals surface area (Å²) >= 11 is 0. The second kappa shape index (κ2) is 4.66. The van der Waals surface area contributed by atoms with Crippen LogP contribution in [0.4, 0.5) is 0 Å². The summed E-state index contributed by atoms with van der Waals surface area (Å²) < 4.78 is 7.41. The molecule has 16 heavy (non-hydrogen) atoms. The quantitative estimate of drug-likeness (QED) is 0.789. The maximum atomic E-state index is 5.13. The van der Waals surface area contributed by atoms with Crippen molar-refractivity contribution in [1.29, 1.82) is 0 Å². The van der Waals surface area contributed by atoms with E-state index >= 15 is 0 Å². The first-order valence-electron chi connectivity index (χ1n) is 5.66. The molecule has 0 fully saturated rings. The predicted octanol–water partition coefficient (Wildman–Crippen LogP) is 2.94. The average molecular weight is 218 g/mol. The minimum absolute atomic E-state index is 0.423. The van der Waals surface area contributed by atoms with Gasteiger partial charge in [0.25, 0.3) is 0 Å². The van der Waals surface area contributed by atoms with Crippen molar-refractivity contribution < 1.29 is 4.74 Å². The lowest BCUT2D eigenvalue weighted by atomic mass is 10.2. The molecule has 0 N–H and O–H groups in total. The molecule has 1 unspecified atom stereocenters. The highest BCUT2D eigenvalue weighted by atomic mass is 16.5. The Morgan fingerprint density at radius 2 is 2.12 bits per heavy atom. The van der Waals surface area contributed by atoms with Crippen LogP contribution in [0.15, 0.2) is 24.3 Å². The summed E-state index contributed by atoms with van der Waals surface area (Å²) in [6, 6.07) is 8.69. The highest BCUT2D eigenvalue weighted by Crippen LogP contribution is 2.22. The van der Waals surface area contributed by atoms with Crippen molar-refractivity contribution in [2.45, 2.75) is 26.3 Å². The van der Waals surface area contributed by atoms with Gasteiger partial charge in [-0.1, -0.05) is 12.1 Å². The monoisotopic (exact) mass is 218 g/mol. The molecular weight excluding hydrogens is 200 g/mol. The molecule has 1 heterocycles. The van der Waals surface area contributed by atoms with E-state index in [0.29, 0.717) is 6.04 Å². The van der Waals surface area contributed by atoms with Gasteiger partial charge in [0.05, 0.1) is 11.0 Å². The number of imidazole rings is 1. The van der Waals surface area contributed by atoms with Gasteiger partial charge in [-0.25, -0.2) is 4.98 Å². The van der Waals surface area contributed by atoms with Crippen molar-refractivity contribution >= 4 is 11.0 Å². The normalized spacial score (nSPS) is 13.2. The fourth-order valence-electron chi connectivity index (χ4n) is 2.14. The number of hydrogen-bond donors (Lipinski definition) is 0. The number of nitrogens with zero attached hydrogens (tertiary/aromatic N) is 2. The summed E-state index contributed by atoms with van der Waals surface area (Å²) in [5.74, 6) is 1.07. The van der Waals surface area contributed by atoms with Crippen LogP contribution < -0.4 is 0 Å². The van der Waals surface area contributed by atoms with E-state index in [1.165, 1.54) is 5.52 Å². The summed E-state index contributed by atoms with van der Waals surface area (Å²) in [5.41, 5.74) is 2.29. The molecule has 2 rings (SSSR count). The van der Waals surface area contributed by atoms with Crippen LogP contribution in [-0.4, -0.2) is 23.3 Å². The Balaban J connectivity index is 2.38. The summed E-state index contributed by atoms with van der Waals surface area (Å²) in [6.45, 7) is 5.05. The van der Waals surface area contributed by atoms with Gasteiger partial charge < -0.3 is 9.30 Å². The molecule has 0 aliphatic heterocycles. The number of aryl methyl sites for hydroxylation is 1. The lowest BCUT2D eigenvalue weighted by Crippen LogP contribution is -2.09. The standard InChI is InChI=1S/C13H18N2O/c1-10(8-9-16-3)15-11(2)14-12-6-4-5-7-13(12)15/h4-7,10H,8-9H2,1-3H3. The van der Waals surface area contributed by atoms with E-state index in [4.69, 9.17) is 4.74 Å². The lowest BCUT2D eigenvalue weighted by molar-refractivity contribution is 0.181. The van der Waals surface area contributed by atoms with E-state index in [0.717, 1.165) is 24.4 Å². The van der Waals surface area contributed by atoms with Crippen molar-refractivity contribution in [3.05, 3.63) is 30.1 Å². The van der Waals surface area contributed by atoms with Crippen LogP contribution in [0, 0.1) is 6.92 Å². The van der Waals surface area contributed by atoms with Crippen molar-refractivity contribution in [2.24, 2.45) is 0 Å². The molecule has 0 aliphatic rings. The number of ether oxygens (including phenoxy) is 1. The fraction of sp³-hybridized carbons (Fsp3) is 0.462. The zero-order valence-corrected chi connectivity index (χ0v) is 10.1. The smallest absolute Gasteiger partial charge is 0.106 e. The molecule has 0 saturated heterocycles. The van der Waals surface area contributed by atoms with Crippen molar-refractivity contribution in [2.75, 3.05) is 13.7 Å². The Morgan fingerprint density at radius 3 is 2.88 bits per heavy atom. The van der Waals surface area contributed by atoms with Gasteiger partial charge in [-0.15, -0.1) is 0 Å². The number of fused-ring (bicyclic) bond motifs is 1. The van der Waals surface area contributed by atoms with E-state index < -0.39 is 0 Å². The number of aromatic nitrogens is 2. The zero-order chi connectivity index (χ0) is 11.5. The van der Waals surface area contributed by atoms with Crippen LogP contribution >= 0.6 is 0 Å². The first kappa shape index (κ1) is 11.1. The maximum absolute atomic E-state index is 5.13. The first-order chi connectivity index (χ1) is 7.74. The van der Waals surface area contributed by atoms with Gasteiger partial charge in [0.15, 0.2) is 0 Å². The van der Waals surface area contributed by atoms with Gasteiger partial charge in [-0.05, 0) is 32.4 Å². The van der Waals surface area contributed by atoms with Crippen LogP contribution in [0.25, 0.3) is 11.0 Å². The molecule has 1 aromatic carbocycles. The number of hydrogen-bond acceptors (Lipinski definition) is 2. The number of methoxy groups -OCH3 is 1. The minimum Gasteiger partial charge on any atom is -0.385 e. The third-order valence-electron chi connectivity index (χ3n) is 2.95. The molecule has 3 nitrogen and oxygen atoms in total. The molecule has 0 saturated carbocycles. The van der Waals surface area contributed by atoms with Gasteiger partial charge in [-0.2, -0.15) is 0 Å². The van der Waals surface area contributed by atoms with Gasteiger partial charge in [0, 0.05) is 19.8 Å². The molecule has 0 spiro atoms. The lowest BCUT2D eigenvalue weighted by Gasteiger charge is -2.15. The van der Waals surface area contributed by atoms with Crippen LogP contribution in [-0.2, 0) is 4.74 Å². The highest BCUT2D eigenvalue weighted by Gasteiger charge is 2.12. The first-order valence-corrected chi connectivity index (χ1v) is 5.66. The van der Waals surface area contributed by atoms with Crippen LogP contribution in [0.3, 0.4) is 0 Å². The van der Waals surface area contributed by atoms with E-state index in [-0.39, 0.29) is 0 Å². The molecule has 0 aliphatic carbocycles. The van der Waals surface area contributed by atoms with Gasteiger partial charge >= 0.3 is 0 Å². The Hall–Kier alpha value is -1.35. The molecule has 86 valence electrons. The molecule has 0 bridgehead atoms. The molecule has 2 aromatic rings. The minimum atomic E-state index is 0.423. The van der Waals surface area contributed by atoms with E-state index in [2.05, 4.69) is 41.6 Å². The maximum Gasteiger partial charge on any atom is 0.106 e. The van der Waals surface area contributed by atoms with E-state index in [1.807, 2.05) is 6.07 Å². The van der Waals surface area contributed by atoms with Crippen molar-refractivity contribution in [3.63, 3.8) is 0 Å². The SMILES string of the molecule is COCCC(C)n1c(C)nc2ccccc21. The van der Waals surface area contributed by atoms with E-state index in [1.54, 1.807) is 7.11 Å². The van der Waals surface area contributed by atoms with Crippen LogP contribution in [0.2, 0.25) is 0 Å². The van der Waals surface area contributed by atoms with Crippen LogP contribution in [0.1, 0.15) is 25.2 Å². The number of para-hydroxylation sites is 2. The number of benzene rings is 1. The average Bonchev–Trinajstić information content (AvgIpc) is 2.62. The van der Waals surface area contributed by atoms with Gasteiger partial charge in [-0.3, -0.25) is 0 Å². The summed E-state index contributed by atoms with van der Waals surface area (Å²) in [4.78, 5) is 4.56. The summed E-state index contributed by atoms with van der Waals surface area (Å²) in [5, 5.41) is 0. The Kier molecular flexibility index (Phi) is 3.25. The summed E-state index contributed by atoms with van der Waals surface area (Å²) in [7, 11) is 1.74. The molecule has 0 radical (unpaired) electrons. The fourth-order valence-corrected chi connectivity index (χ4v) is 2.14. The van der Waals surface area contributed by atoms with Crippen LogP contribution in [0.5, 0.6) is 0 Å². The molecule has 1 atom stereocenters. The predicted molar refractivity (Wildman–Crippen MR) is 65.7 cm³/mol. The third kappa shape index (κ3) is 1.95. The topological polar surface area (TPSA) is 27.1 Å². The van der Waals surface area contributed by atoms with Crippen molar-refractivity contribution in [3.8, 4) is 0 Å². The van der Waals surface area contributed by atoms with E-state index in [9.17, 15) is 0 Å². The summed E-state index contributed by atoms with van der Waals surface area (Å²) in [6.07, 6.45) is 1.01. The second-order valence-electron chi connectivity index (χ2n) is 4.15. The van der Waals surface area contributed by atoms with Gasteiger partial charge in [0.1, 0.15) is 5.82 Å². The largest absolute Gasteiger partial charge is 0.385 e. The molecule has 1 aromatic heterocycles. The Morgan fingerprint density at radius 1 is 1.38 bits per heavy atom. The van der Waals surface area contributed by atoms with Crippen molar-refractivity contribution in [1.82, 2.24) is 9.55 Å². The second-order valence-corrected chi connectivity index (χ2v) is 4.15. The molecule has 0 amide bonds. The molecule has 3 heteroatoms. The highest BCUT2D eigenvalue weighted by molar-refractivity contribution is 5.76. The third-order valence-corrected chi connectivity index (χ3v) is 2.95. The Labute approximate surface area is 96.1 Å². The Bertz CT molecular complexity index is 476.